The molecule has 2 N–H and O–H groups in total. The van der Waals surface area contributed by atoms with E-state index in [1.165, 1.54) is 0 Å². The molecule has 0 saturated carbocycles. The third kappa shape index (κ3) is 3.09. The van der Waals surface area contributed by atoms with E-state index in [4.69, 9.17) is 23.8 Å². The molecule has 0 bridgehead atoms. The van der Waals surface area contributed by atoms with Gasteiger partial charge in [-0.2, -0.15) is 0 Å². The first kappa shape index (κ1) is 16.0. The molecule has 5 heteroatoms. The van der Waals surface area contributed by atoms with Crippen LogP contribution in [0.15, 0.2) is 41.2 Å². The van der Waals surface area contributed by atoms with Crippen LogP contribution in [0.1, 0.15) is 26.3 Å². The highest BCUT2D eigenvalue weighted by Crippen LogP contribution is 2.35. The Bertz CT molecular complexity index is 995. The van der Waals surface area contributed by atoms with Gasteiger partial charge in [0.15, 0.2) is 4.77 Å². The summed E-state index contributed by atoms with van der Waals surface area (Å²) in [6.07, 6.45) is 0. The van der Waals surface area contributed by atoms with E-state index in [2.05, 4.69) is 30.7 Å². The van der Waals surface area contributed by atoms with E-state index < -0.39 is 0 Å². The number of H-pyrrole nitrogens is 2. The largest absolute Gasteiger partial charge is 0.332 e. The number of hydrogen-bond donors (Lipinski definition) is 2. The average Bonchev–Trinajstić information content (AvgIpc) is 2.46. The molecule has 0 atom stereocenters. The average molecular weight is 345 g/mol. The molecule has 1 heterocycles. The second-order valence-corrected chi connectivity index (χ2v) is 7.45. The van der Waals surface area contributed by atoms with Crippen molar-refractivity contribution in [2.75, 3.05) is 0 Å². The zero-order valence-electron chi connectivity index (χ0n) is 13.2. The van der Waals surface area contributed by atoms with E-state index in [0.29, 0.717) is 15.2 Å². The number of nitrogens with one attached hydrogen (secondary N) is 2. The lowest BCUT2D eigenvalue weighted by molar-refractivity contribution is 0.592. The summed E-state index contributed by atoms with van der Waals surface area (Å²) in [7, 11) is 0. The lowest BCUT2D eigenvalue weighted by Crippen LogP contribution is -2.15. The predicted octanol–water partition coefficient (Wildman–Crippen LogP) is 5.20. The van der Waals surface area contributed by atoms with Crippen molar-refractivity contribution < 1.29 is 0 Å². The van der Waals surface area contributed by atoms with Crippen LogP contribution in [-0.2, 0) is 5.41 Å². The molecule has 2 aromatic carbocycles. The van der Waals surface area contributed by atoms with Crippen LogP contribution in [-0.4, -0.2) is 9.97 Å². The molecule has 3 nitrogen and oxygen atoms in total. The molecule has 3 rings (SSSR count). The molecule has 1 aromatic heterocycles. The fourth-order valence-corrected chi connectivity index (χ4v) is 3.03. The number of halogens is 1. The minimum atomic E-state index is -0.181. The van der Waals surface area contributed by atoms with Gasteiger partial charge < -0.3 is 4.98 Å². The van der Waals surface area contributed by atoms with Gasteiger partial charge in [-0.25, -0.2) is 0 Å². The number of aromatic amines is 2. The van der Waals surface area contributed by atoms with Gasteiger partial charge in [-0.15, -0.1) is 0 Å². The van der Waals surface area contributed by atoms with E-state index in [1.807, 2.05) is 36.4 Å². The van der Waals surface area contributed by atoms with Gasteiger partial charge in [0.1, 0.15) is 0 Å². The molecule has 0 aliphatic rings. The lowest BCUT2D eigenvalue weighted by atomic mass is 9.81. The summed E-state index contributed by atoms with van der Waals surface area (Å²) in [5, 5.41) is 1.28. The molecule has 0 saturated heterocycles. The van der Waals surface area contributed by atoms with Crippen LogP contribution >= 0.6 is 23.8 Å². The molecule has 0 unspecified atom stereocenters. The van der Waals surface area contributed by atoms with Crippen molar-refractivity contribution in [1.82, 2.24) is 9.97 Å². The van der Waals surface area contributed by atoms with Crippen molar-refractivity contribution in [2.45, 2.75) is 26.2 Å². The summed E-state index contributed by atoms with van der Waals surface area (Å²) in [6, 6.07) is 11.6. The van der Waals surface area contributed by atoms with Gasteiger partial charge in [-0.05, 0) is 58.6 Å². The van der Waals surface area contributed by atoms with Crippen LogP contribution in [0.5, 0.6) is 0 Å². The van der Waals surface area contributed by atoms with Crippen LogP contribution in [0.2, 0.25) is 5.02 Å². The van der Waals surface area contributed by atoms with Crippen LogP contribution in [0.3, 0.4) is 0 Å². The summed E-state index contributed by atoms with van der Waals surface area (Å²) in [5.74, 6) is 0. The Labute approximate surface area is 144 Å². The SMILES string of the molecule is CC(C)(C)c1cc2[nH]c(=S)[nH]c(=O)c2cc1-c1ccc(Cl)cc1. The van der Waals surface area contributed by atoms with Gasteiger partial charge in [0.2, 0.25) is 0 Å². The molecule has 23 heavy (non-hydrogen) atoms. The summed E-state index contributed by atoms with van der Waals surface area (Å²) >= 11 is 11.1. The quantitative estimate of drug-likeness (QED) is 0.596. The zero-order valence-corrected chi connectivity index (χ0v) is 14.7. The number of benzene rings is 2. The molecule has 0 amide bonds. The van der Waals surface area contributed by atoms with Crippen LogP contribution in [0, 0.1) is 4.77 Å². The van der Waals surface area contributed by atoms with E-state index in [1.54, 1.807) is 0 Å². The smallest absolute Gasteiger partial charge is 0.259 e. The molecule has 0 spiro atoms. The Morgan fingerprint density at radius 3 is 2.30 bits per heavy atom. The highest BCUT2D eigenvalue weighted by molar-refractivity contribution is 7.71. The molecule has 0 radical (unpaired) electrons. The van der Waals surface area contributed by atoms with Crippen molar-refractivity contribution in [3.05, 3.63) is 62.1 Å². The normalized spacial score (nSPS) is 11.8. The standard InChI is InChI=1S/C18H17ClN2OS/c1-18(2,3)14-9-15-13(16(22)21-17(23)20-15)8-12(14)10-4-6-11(19)7-5-10/h4-9H,1-3H3,(H2,20,21,22,23). The Morgan fingerprint density at radius 1 is 1.04 bits per heavy atom. The van der Waals surface area contributed by atoms with Crippen LogP contribution in [0.4, 0.5) is 0 Å². The maximum absolute atomic E-state index is 12.2. The van der Waals surface area contributed by atoms with E-state index in [0.717, 1.165) is 22.2 Å². The first-order valence-electron chi connectivity index (χ1n) is 7.32. The van der Waals surface area contributed by atoms with Crippen molar-refractivity contribution in [2.24, 2.45) is 0 Å². The molecular weight excluding hydrogens is 328 g/mol. The number of fused-ring (bicyclic) bond motifs is 1. The van der Waals surface area contributed by atoms with Gasteiger partial charge >= 0.3 is 0 Å². The number of rotatable bonds is 1. The second-order valence-electron chi connectivity index (χ2n) is 6.61. The molecular formula is C18H17ClN2OS. The molecule has 0 aliphatic heterocycles. The van der Waals surface area contributed by atoms with Gasteiger partial charge in [-0.3, -0.25) is 9.78 Å². The molecule has 0 aliphatic carbocycles. The maximum atomic E-state index is 12.2. The summed E-state index contributed by atoms with van der Waals surface area (Å²) in [6.45, 7) is 6.44. The minimum absolute atomic E-state index is 0.0821. The predicted molar refractivity (Wildman–Crippen MR) is 98.9 cm³/mol. The number of hydrogen-bond acceptors (Lipinski definition) is 2. The maximum Gasteiger partial charge on any atom is 0.259 e. The topological polar surface area (TPSA) is 48.6 Å². The Morgan fingerprint density at radius 2 is 1.70 bits per heavy atom. The zero-order chi connectivity index (χ0) is 16.8. The Hall–Kier alpha value is -1.91. The highest BCUT2D eigenvalue weighted by Gasteiger charge is 2.20. The van der Waals surface area contributed by atoms with Crippen molar-refractivity contribution in [1.29, 1.82) is 0 Å². The van der Waals surface area contributed by atoms with Crippen LogP contribution < -0.4 is 5.56 Å². The Balaban J connectivity index is 2.41. The van der Waals surface area contributed by atoms with Gasteiger partial charge in [-0.1, -0.05) is 44.5 Å². The molecule has 3 aromatic rings. The van der Waals surface area contributed by atoms with Gasteiger partial charge in [0.05, 0.1) is 10.9 Å². The second kappa shape index (κ2) is 5.62. The Kier molecular flexibility index (Phi) is 3.90. The van der Waals surface area contributed by atoms with Crippen LogP contribution in [0.25, 0.3) is 22.0 Å². The molecule has 0 fully saturated rings. The molecule has 118 valence electrons. The summed E-state index contributed by atoms with van der Waals surface area (Å²) in [5.41, 5.74) is 3.69. The first-order valence-corrected chi connectivity index (χ1v) is 8.11. The highest BCUT2D eigenvalue weighted by atomic mass is 35.5. The third-order valence-electron chi connectivity index (χ3n) is 3.84. The fraction of sp³-hybridized carbons (Fsp3) is 0.222. The summed E-state index contributed by atoms with van der Waals surface area (Å²) in [4.78, 5) is 17.9. The van der Waals surface area contributed by atoms with Crippen molar-refractivity contribution >= 4 is 34.7 Å². The first-order chi connectivity index (χ1) is 10.8. The minimum Gasteiger partial charge on any atom is -0.332 e. The monoisotopic (exact) mass is 344 g/mol. The van der Waals surface area contributed by atoms with Crippen molar-refractivity contribution in [3.63, 3.8) is 0 Å². The number of aromatic nitrogens is 2. The fourth-order valence-electron chi connectivity index (χ4n) is 2.70. The van der Waals surface area contributed by atoms with Gasteiger partial charge in [0.25, 0.3) is 5.56 Å². The van der Waals surface area contributed by atoms with Crippen molar-refractivity contribution in [3.8, 4) is 11.1 Å². The lowest BCUT2D eigenvalue weighted by Gasteiger charge is -2.24. The van der Waals surface area contributed by atoms with E-state index >= 15 is 0 Å². The van der Waals surface area contributed by atoms with E-state index in [9.17, 15) is 4.79 Å². The summed E-state index contributed by atoms with van der Waals surface area (Å²) < 4.78 is 0.335. The van der Waals surface area contributed by atoms with E-state index in [-0.39, 0.29) is 11.0 Å². The third-order valence-corrected chi connectivity index (χ3v) is 4.30. The van der Waals surface area contributed by atoms with Gasteiger partial charge in [0, 0.05) is 5.02 Å².